The molecule has 3 nitrogen and oxygen atoms in total. The Kier molecular flexibility index (Phi) is 6.56. The Hall–Kier alpha value is -2.13. The van der Waals surface area contributed by atoms with Gasteiger partial charge in [0, 0.05) is 12.1 Å². The van der Waals surface area contributed by atoms with Crippen LogP contribution in [0.15, 0.2) is 60.7 Å². The van der Waals surface area contributed by atoms with Gasteiger partial charge in [-0.2, -0.15) is 0 Å². The molecule has 0 aliphatic rings. The van der Waals surface area contributed by atoms with Crippen LogP contribution in [0.3, 0.4) is 0 Å². The Labute approximate surface area is 145 Å². The van der Waals surface area contributed by atoms with Gasteiger partial charge < -0.3 is 10.2 Å². The topological polar surface area (TPSA) is 32.3 Å². The van der Waals surface area contributed by atoms with Crippen molar-refractivity contribution in [2.75, 3.05) is 0 Å². The number of hydrogen-bond acceptors (Lipinski definition) is 2. The molecule has 0 unspecified atom stereocenters. The smallest absolute Gasteiger partial charge is 0.210 e. The summed E-state index contributed by atoms with van der Waals surface area (Å²) in [5.41, 5.74) is 2.33. The SMILES string of the molecule is CC(C)N[C@@H](c1ccccc1)[C@@H](c1ccccc1)N(C=O)C(C)C. The molecular formula is C21H28N2O. The third-order valence-corrected chi connectivity index (χ3v) is 4.17. The highest BCUT2D eigenvalue weighted by molar-refractivity contribution is 5.50. The second-order valence-electron chi connectivity index (χ2n) is 6.71. The third kappa shape index (κ3) is 4.45. The lowest BCUT2D eigenvalue weighted by Gasteiger charge is -2.39. The average molecular weight is 324 g/mol. The van der Waals surface area contributed by atoms with Gasteiger partial charge in [0.25, 0.3) is 0 Å². The van der Waals surface area contributed by atoms with Gasteiger partial charge >= 0.3 is 0 Å². The molecule has 24 heavy (non-hydrogen) atoms. The molecule has 0 aliphatic carbocycles. The molecule has 0 aromatic heterocycles. The zero-order chi connectivity index (χ0) is 17.5. The van der Waals surface area contributed by atoms with Crippen LogP contribution < -0.4 is 5.32 Å². The Balaban J connectivity index is 2.54. The van der Waals surface area contributed by atoms with Crippen LogP contribution in [0, 0.1) is 0 Å². The molecule has 0 aliphatic heterocycles. The van der Waals surface area contributed by atoms with E-state index in [-0.39, 0.29) is 18.1 Å². The maximum Gasteiger partial charge on any atom is 0.210 e. The van der Waals surface area contributed by atoms with Gasteiger partial charge in [-0.25, -0.2) is 0 Å². The van der Waals surface area contributed by atoms with E-state index in [0.717, 1.165) is 12.0 Å². The van der Waals surface area contributed by atoms with Gasteiger partial charge in [-0.05, 0) is 25.0 Å². The summed E-state index contributed by atoms with van der Waals surface area (Å²) in [6.45, 7) is 8.39. The molecule has 0 spiro atoms. The van der Waals surface area contributed by atoms with Crippen molar-refractivity contribution in [1.29, 1.82) is 0 Å². The first-order chi connectivity index (χ1) is 11.5. The van der Waals surface area contributed by atoms with Gasteiger partial charge in [0.2, 0.25) is 6.41 Å². The van der Waals surface area contributed by atoms with Crippen LogP contribution >= 0.6 is 0 Å². The fraction of sp³-hybridized carbons (Fsp3) is 0.381. The monoisotopic (exact) mass is 324 g/mol. The number of rotatable bonds is 8. The van der Waals surface area contributed by atoms with E-state index in [1.807, 2.05) is 41.3 Å². The zero-order valence-electron chi connectivity index (χ0n) is 15.0. The summed E-state index contributed by atoms with van der Waals surface area (Å²) >= 11 is 0. The molecular weight excluding hydrogens is 296 g/mol. The molecule has 2 rings (SSSR count). The van der Waals surface area contributed by atoms with Crippen molar-refractivity contribution in [3.63, 3.8) is 0 Å². The molecule has 0 fully saturated rings. The van der Waals surface area contributed by atoms with Crippen molar-refractivity contribution in [3.8, 4) is 0 Å². The number of amides is 1. The fourth-order valence-corrected chi connectivity index (χ4v) is 3.08. The van der Waals surface area contributed by atoms with Crippen molar-refractivity contribution >= 4 is 6.41 Å². The molecule has 0 bridgehead atoms. The molecule has 2 aromatic rings. The van der Waals surface area contributed by atoms with E-state index in [9.17, 15) is 4.79 Å². The third-order valence-electron chi connectivity index (χ3n) is 4.17. The lowest BCUT2D eigenvalue weighted by molar-refractivity contribution is -0.123. The maximum atomic E-state index is 11.9. The predicted molar refractivity (Wildman–Crippen MR) is 99.7 cm³/mol. The van der Waals surface area contributed by atoms with Crippen LogP contribution in [-0.2, 0) is 4.79 Å². The Morgan fingerprint density at radius 2 is 1.33 bits per heavy atom. The summed E-state index contributed by atoms with van der Waals surface area (Å²) in [7, 11) is 0. The molecule has 0 saturated heterocycles. The highest BCUT2D eigenvalue weighted by atomic mass is 16.1. The number of benzene rings is 2. The Bertz CT molecular complexity index is 610. The van der Waals surface area contributed by atoms with E-state index in [0.29, 0.717) is 6.04 Å². The van der Waals surface area contributed by atoms with Crippen LogP contribution in [-0.4, -0.2) is 23.4 Å². The van der Waals surface area contributed by atoms with E-state index in [1.165, 1.54) is 5.56 Å². The summed E-state index contributed by atoms with van der Waals surface area (Å²) in [6.07, 6.45) is 0.973. The summed E-state index contributed by atoms with van der Waals surface area (Å²) in [5, 5.41) is 3.66. The molecule has 3 heteroatoms. The van der Waals surface area contributed by atoms with E-state index in [2.05, 4.69) is 57.3 Å². The molecule has 2 atom stereocenters. The fourth-order valence-electron chi connectivity index (χ4n) is 3.08. The van der Waals surface area contributed by atoms with E-state index in [4.69, 9.17) is 0 Å². The number of carbonyl (C=O) groups is 1. The second kappa shape index (κ2) is 8.65. The minimum atomic E-state index is -0.0616. The highest BCUT2D eigenvalue weighted by Crippen LogP contribution is 2.35. The zero-order valence-corrected chi connectivity index (χ0v) is 15.0. The first kappa shape index (κ1) is 18.2. The summed E-state index contributed by atoms with van der Waals surface area (Å²) < 4.78 is 0. The first-order valence-corrected chi connectivity index (χ1v) is 8.63. The Morgan fingerprint density at radius 1 is 0.833 bits per heavy atom. The van der Waals surface area contributed by atoms with Crippen molar-refractivity contribution in [2.45, 2.75) is 51.9 Å². The van der Waals surface area contributed by atoms with Crippen molar-refractivity contribution in [2.24, 2.45) is 0 Å². The lowest BCUT2D eigenvalue weighted by atomic mass is 9.91. The average Bonchev–Trinajstić information content (AvgIpc) is 2.59. The normalized spacial score (nSPS) is 13.8. The van der Waals surface area contributed by atoms with Crippen molar-refractivity contribution in [3.05, 3.63) is 71.8 Å². The van der Waals surface area contributed by atoms with E-state index < -0.39 is 0 Å². The first-order valence-electron chi connectivity index (χ1n) is 8.63. The molecule has 2 aromatic carbocycles. The number of nitrogens with zero attached hydrogens (tertiary/aromatic N) is 1. The van der Waals surface area contributed by atoms with Crippen LogP contribution in [0.2, 0.25) is 0 Å². The summed E-state index contributed by atoms with van der Waals surface area (Å²) in [4.78, 5) is 13.8. The van der Waals surface area contributed by atoms with Crippen molar-refractivity contribution < 1.29 is 4.79 Å². The maximum absolute atomic E-state index is 11.9. The minimum absolute atomic E-state index is 0.0289. The number of carbonyl (C=O) groups excluding carboxylic acids is 1. The van der Waals surface area contributed by atoms with E-state index in [1.54, 1.807) is 0 Å². The Morgan fingerprint density at radius 3 is 1.75 bits per heavy atom. The second-order valence-corrected chi connectivity index (χ2v) is 6.71. The largest absolute Gasteiger partial charge is 0.334 e. The van der Waals surface area contributed by atoms with Gasteiger partial charge in [0.05, 0.1) is 12.1 Å². The lowest BCUT2D eigenvalue weighted by Crippen LogP contribution is -2.43. The molecule has 128 valence electrons. The van der Waals surface area contributed by atoms with Crippen LogP contribution in [0.25, 0.3) is 0 Å². The summed E-state index contributed by atoms with van der Waals surface area (Å²) in [5.74, 6) is 0. The minimum Gasteiger partial charge on any atom is -0.334 e. The van der Waals surface area contributed by atoms with Crippen LogP contribution in [0.4, 0.5) is 0 Å². The van der Waals surface area contributed by atoms with Gasteiger partial charge in [0.15, 0.2) is 0 Å². The summed E-state index contributed by atoms with van der Waals surface area (Å²) in [6, 6.07) is 21.0. The van der Waals surface area contributed by atoms with E-state index >= 15 is 0 Å². The van der Waals surface area contributed by atoms with Crippen molar-refractivity contribution in [1.82, 2.24) is 10.2 Å². The molecule has 0 radical (unpaired) electrons. The van der Waals surface area contributed by atoms with Gasteiger partial charge in [-0.1, -0.05) is 74.5 Å². The van der Waals surface area contributed by atoms with Gasteiger partial charge in [-0.3, -0.25) is 4.79 Å². The quantitative estimate of drug-likeness (QED) is 0.733. The predicted octanol–water partition coefficient (Wildman–Crippen LogP) is 4.33. The number of nitrogens with one attached hydrogen (secondary N) is 1. The van der Waals surface area contributed by atoms with Gasteiger partial charge in [-0.15, -0.1) is 0 Å². The molecule has 0 heterocycles. The molecule has 0 saturated carbocycles. The molecule has 1 amide bonds. The highest BCUT2D eigenvalue weighted by Gasteiger charge is 2.31. The van der Waals surface area contributed by atoms with Gasteiger partial charge in [0.1, 0.15) is 0 Å². The standard InChI is InChI=1S/C21H28N2O/c1-16(2)22-20(18-11-7-5-8-12-18)21(23(15-24)17(3)4)19-13-9-6-10-14-19/h5-17,20-22H,1-4H3/t20-,21+/m0/s1. The number of hydrogen-bond donors (Lipinski definition) is 1. The van der Waals surface area contributed by atoms with Crippen LogP contribution in [0.1, 0.15) is 50.9 Å². The van der Waals surface area contributed by atoms with Crippen LogP contribution in [0.5, 0.6) is 0 Å². The molecule has 1 N–H and O–H groups in total.